The fraction of sp³-hybridized carbons (Fsp3) is 0.188. The van der Waals surface area contributed by atoms with E-state index < -0.39 is 11.9 Å². The van der Waals surface area contributed by atoms with Crippen molar-refractivity contribution in [3.63, 3.8) is 0 Å². The third-order valence-corrected chi connectivity index (χ3v) is 2.85. The van der Waals surface area contributed by atoms with Gasteiger partial charge in [0, 0.05) is 6.08 Å². The minimum Gasteiger partial charge on any atom is -0.466 e. The van der Waals surface area contributed by atoms with Crippen molar-refractivity contribution in [2.75, 3.05) is 13.7 Å². The molecule has 2 rings (SSSR count). The summed E-state index contributed by atoms with van der Waals surface area (Å²) in [4.78, 5) is 29.7. The van der Waals surface area contributed by atoms with Gasteiger partial charge in [0.15, 0.2) is 5.82 Å². The molecule has 8 nitrogen and oxygen atoms in total. The van der Waals surface area contributed by atoms with Gasteiger partial charge in [-0.25, -0.2) is 14.6 Å². The molecule has 0 unspecified atom stereocenters. The second kappa shape index (κ2) is 8.37. The summed E-state index contributed by atoms with van der Waals surface area (Å²) in [5, 5.41) is 8.06. The Labute approximate surface area is 138 Å². The first-order valence-electron chi connectivity index (χ1n) is 7.12. The molecule has 0 fully saturated rings. The molecular formula is C16H16N4O4. The molecule has 24 heavy (non-hydrogen) atoms. The summed E-state index contributed by atoms with van der Waals surface area (Å²) in [5.41, 5.74) is 1.37. The molecule has 0 aliphatic carbocycles. The molecular weight excluding hydrogens is 312 g/mol. The zero-order valence-electron chi connectivity index (χ0n) is 13.2. The van der Waals surface area contributed by atoms with Gasteiger partial charge in [0.1, 0.15) is 0 Å². The summed E-state index contributed by atoms with van der Waals surface area (Å²) >= 11 is 0. The normalized spacial score (nSPS) is 11.1. The van der Waals surface area contributed by atoms with Gasteiger partial charge in [-0.15, -0.1) is 10.2 Å². The summed E-state index contributed by atoms with van der Waals surface area (Å²) < 4.78 is 9.45. The van der Waals surface area contributed by atoms with Crippen LogP contribution in [-0.4, -0.2) is 35.6 Å². The van der Waals surface area contributed by atoms with E-state index in [0.717, 1.165) is 0 Å². The summed E-state index contributed by atoms with van der Waals surface area (Å²) in [6.45, 7) is 2.04. The number of H-pyrrole nitrogens is 1. The quantitative estimate of drug-likeness (QED) is 0.498. The van der Waals surface area contributed by atoms with Crippen molar-refractivity contribution in [3.05, 3.63) is 47.9 Å². The highest BCUT2D eigenvalue weighted by Gasteiger charge is 2.07. The summed E-state index contributed by atoms with van der Waals surface area (Å²) in [6, 6.07) is 6.58. The molecule has 0 aliphatic rings. The molecule has 0 saturated heterocycles. The van der Waals surface area contributed by atoms with Gasteiger partial charge in [-0.1, -0.05) is 6.07 Å². The number of aromatic amines is 1. The van der Waals surface area contributed by atoms with Gasteiger partial charge in [-0.05, 0) is 31.2 Å². The number of carbonyl (C=O) groups is 2. The fourth-order valence-electron chi connectivity index (χ4n) is 1.73. The molecule has 0 aliphatic heterocycles. The SMILES string of the molecule is CCOC(=O)c1cccc(N=Nc2nc[nH]c2C=CC(=O)OC)c1. The lowest BCUT2D eigenvalue weighted by molar-refractivity contribution is -0.134. The van der Waals surface area contributed by atoms with E-state index in [4.69, 9.17) is 4.74 Å². The molecule has 124 valence electrons. The van der Waals surface area contributed by atoms with E-state index in [2.05, 4.69) is 24.9 Å². The Balaban J connectivity index is 2.16. The summed E-state index contributed by atoms with van der Waals surface area (Å²) in [7, 11) is 1.29. The molecule has 8 heteroatoms. The van der Waals surface area contributed by atoms with E-state index in [-0.39, 0.29) is 0 Å². The van der Waals surface area contributed by atoms with Crippen LogP contribution in [0.5, 0.6) is 0 Å². The van der Waals surface area contributed by atoms with Crippen molar-refractivity contribution in [2.24, 2.45) is 10.2 Å². The van der Waals surface area contributed by atoms with Crippen molar-refractivity contribution in [1.82, 2.24) is 9.97 Å². The van der Waals surface area contributed by atoms with Crippen molar-refractivity contribution >= 4 is 29.5 Å². The van der Waals surface area contributed by atoms with Crippen LogP contribution in [0.4, 0.5) is 11.5 Å². The van der Waals surface area contributed by atoms with E-state index >= 15 is 0 Å². The summed E-state index contributed by atoms with van der Waals surface area (Å²) in [6.07, 6.45) is 4.16. The number of methoxy groups -OCH3 is 1. The monoisotopic (exact) mass is 328 g/mol. The van der Waals surface area contributed by atoms with Crippen LogP contribution >= 0.6 is 0 Å². The fourth-order valence-corrected chi connectivity index (χ4v) is 1.73. The predicted octanol–water partition coefficient (Wildman–Crippen LogP) is 3.19. The number of hydrogen-bond donors (Lipinski definition) is 1. The topological polar surface area (TPSA) is 106 Å². The number of ether oxygens (including phenoxy) is 2. The van der Waals surface area contributed by atoms with Crippen LogP contribution < -0.4 is 0 Å². The number of carbonyl (C=O) groups excluding carboxylic acids is 2. The lowest BCUT2D eigenvalue weighted by Crippen LogP contribution is -2.03. The molecule has 0 atom stereocenters. The van der Waals surface area contributed by atoms with E-state index in [0.29, 0.717) is 29.4 Å². The number of benzene rings is 1. The Hall–Kier alpha value is -3.29. The summed E-state index contributed by atoms with van der Waals surface area (Å²) in [5.74, 6) is -0.609. The zero-order valence-corrected chi connectivity index (χ0v) is 13.2. The highest BCUT2D eigenvalue weighted by molar-refractivity contribution is 5.90. The number of nitrogens with zero attached hydrogens (tertiary/aromatic N) is 3. The average Bonchev–Trinajstić information content (AvgIpc) is 3.05. The minimum atomic E-state index is -0.491. The van der Waals surface area contributed by atoms with Crippen LogP contribution in [0, 0.1) is 0 Å². The first kappa shape index (κ1) is 17.1. The lowest BCUT2D eigenvalue weighted by atomic mass is 10.2. The molecule has 0 saturated carbocycles. The van der Waals surface area contributed by atoms with E-state index in [9.17, 15) is 9.59 Å². The predicted molar refractivity (Wildman–Crippen MR) is 86.2 cm³/mol. The van der Waals surface area contributed by atoms with Crippen LogP contribution in [0.2, 0.25) is 0 Å². The molecule has 0 amide bonds. The van der Waals surface area contributed by atoms with Crippen LogP contribution in [0.1, 0.15) is 23.0 Å². The van der Waals surface area contributed by atoms with Gasteiger partial charge >= 0.3 is 11.9 Å². The molecule has 0 bridgehead atoms. The maximum atomic E-state index is 11.7. The number of azo groups is 1. The van der Waals surface area contributed by atoms with Crippen LogP contribution in [0.3, 0.4) is 0 Å². The zero-order chi connectivity index (χ0) is 17.4. The van der Waals surface area contributed by atoms with Gasteiger partial charge in [-0.3, -0.25) is 0 Å². The molecule has 0 spiro atoms. The Morgan fingerprint density at radius 2 is 2.17 bits per heavy atom. The van der Waals surface area contributed by atoms with Gasteiger partial charge in [0.2, 0.25) is 0 Å². The first-order chi connectivity index (χ1) is 11.6. The van der Waals surface area contributed by atoms with Crippen molar-refractivity contribution < 1.29 is 19.1 Å². The highest BCUT2D eigenvalue weighted by atomic mass is 16.5. The Morgan fingerprint density at radius 3 is 2.92 bits per heavy atom. The van der Waals surface area contributed by atoms with Gasteiger partial charge in [0.05, 0.1) is 37.0 Å². The van der Waals surface area contributed by atoms with Crippen LogP contribution in [0.15, 0.2) is 46.9 Å². The van der Waals surface area contributed by atoms with Crippen molar-refractivity contribution in [1.29, 1.82) is 0 Å². The van der Waals surface area contributed by atoms with Crippen LogP contribution in [-0.2, 0) is 14.3 Å². The molecule has 1 aromatic carbocycles. The second-order valence-corrected chi connectivity index (χ2v) is 4.47. The average molecular weight is 328 g/mol. The standard InChI is InChI=1S/C16H16N4O4/c1-3-24-16(22)11-5-4-6-12(9-11)19-20-15-13(17-10-18-15)7-8-14(21)23-2/h4-10H,3H2,1-2H3,(H,17,18). The number of nitrogens with one attached hydrogen (secondary N) is 1. The van der Waals surface area contributed by atoms with Crippen molar-refractivity contribution in [3.8, 4) is 0 Å². The Kier molecular flexibility index (Phi) is 5.95. The molecule has 1 N–H and O–H groups in total. The number of aromatic nitrogens is 2. The third-order valence-electron chi connectivity index (χ3n) is 2.85. The molecule has 0 radical (unpaired) electrons. The van der Waals surface area contributed by atoms with Crippen LogP contribution in [0.25, 0.3) is 6.08 Å². The smallest absolute Gasteiger partial charge is 0.338 e. The molecule has 1 heterocycles. The second-order valence-electron chi connectivity index (χ2n) is 4.47. The number of imidazole rings is 1. The minimum absolute atomic E-state index is 0.299. The van der Waals surface area contributed by atoms with Gasteiger partial charge in [-0.2, -0.15) is 0 Å². The number of esters is 2. The largest absolute Gasteiger partial charge is 0.466 e. The number of hydrogen-bond acceptors (Lipinski definition) is 7. The van der Waals surface area contributed by atoms with E-state index in [1.165, 1.54) is 25.6 Å². The van der Waals surface area contributed by atoms with E-state index in [1.807, 2.05) is 0 Å². The Bertz CT molecular complexity index is 780. The number of rotatable bonds is 6. The van der Waals surface area contributed by atoms with E-state index in [1.54, 1.807) is 31.2 Å². The third kappa shape index (κ3) is 4.60. The highest BCUT2D eigenvalue weighted by Crippen LogP contribution is 2.21. The van der Waals surface area contributed by atoms with Crippen molar-refractivity contribution in [2.45, 2.75) is 6.92 Å². The molecule has 1 aromatic heterocycles. The maximum absolute atomic E-state index is 11.7. The first-order valence-corrected chi connectivity index (χ1v) is 7.12. The lowest BCUT2D eigenvalue weighted by Gasteiger charge is -2.01. The molecule has 2 aromatic rings. The maximum Gasteiger partial charge on any atom is 0.338 e. The Morgan fingerprint density at radius 1 is 1.33 bits per heavy atom. The van der Waals surface area contributed by atoms with Gasteiger partial charge < -0.3 is 14.5 Å². The van der Waals surface area contributed by atoms with Gasteiger partial charge in [0.25, 0.3) is 0 Å².